The van der Waals surface area contributed by atoms with Gasteiger partial charge in [0.1, 0.15) is 29.5 Å². The number of halogens is 2. The van der Waals surface area contributed by atoms with Crippen molar-refractivity contribution in [3.05, 3.63) is 57.8 Å². The highest BCUT2D eigenvalue weighted by atomic mass is 35.5. The second-order valence-corrected chi connectivity index (χ2v) is 4.81. The van der Waals surface area contributed by atoms with Crippen LogP contribution in [0.25, 0.3) is 0 Å². The Morgan fingerprint density at radius 2 is 1.95 bits per heavy atom. The predicted octanol–water partition coefficient (Wildman–Crippen LogP) is 3.52. The van der Waals surface area contributed by atoms with Gasteiger partial charge in [0.25, 0.3) is 0 Å². The topological polar surface area (TPSA) is 65.7 Å². The van der Waals surface area contributed by atoms with E-state index in [2.05, 4.69) is 4.74 Å². The molecule has 0 aliphatic rings. The maximum absolute atomic E-state index is 13.5. The number of esters is 2. The molecule has 1 aromatic carbocycles. The smallest absolute Gasteiger partial charge is 0.341 e. The molecule has 22 heavy (non-hydrogen) atoms. The third-order valence-corrected chi connectivity index (χ3v) is 3.10. The monoisotopic (exact) mass is 326 g/mol. The van der Waals surface area contributed by atoms with E-state index < -0.39 is 17.8 Å². The van der Waals surface area contributed by atoms with E-state index in [-0.39, 0.29) is 28.5 Å². The van der Waals surface area contributed by atoms with Gasteiger partial charge in [0.05, 0.1) is 12.7 Å². The molecule has 0 saturated carbocycles. The highest BCUT2D eigenvalue weighted by Gasteiger charge is 2.18. The van der Waals surface area contributed by atoms with Crippen molar-refractivity contribution in [1.82, 2.24) is 0 Å². The lowest BCUT2D eigenvalue weighted by Crippen LogP contribution is -2.07. The van der Waals surface area contributed by atoms with Gasteiger partial charge < -0.3 is 13.9 Å². The van der Waals surface area contributed by atoms with Crippen molar-refractivity contribution in [2.75, 3.05) is 7.11 Å². The predicted molar refractivity (Wildman–Crippen MR) is 75.3 cm³/mol. The van der Waals surface area contributed by atoms with Gasteiger partial charge in [0.15, 0.2) is 0 Å². The molecule has 5 nitrogen and oxygen atoms in total. The Morgan fingerprint density at radius 3 is 2.64 bits per heavy atom. The van der Waals surface area contributed by atoms with Gasteiger partial charge in [-0.1, -0.05) is 11.6 Å². The molecule has 1 heterocycles. The summed E-state index contributed by atoms with van der Waals surface area (Å²) in [6, 6.07) is 4.98. The second-order valence-electron chi connectivity index (χ2n) is 4.37. The molecule has 0 spiro atoms. The van der Waals surface area contributed by atoms with E-state index in [0.29, 0.717) is 5.76 Å². The lowest BCUT2D eigenvalue weighted by Gasteiger charge is -2.04. The minimum atomic E-state index is -0.881. The molecule has 0 fully saturated rings. The Morgan fingerprint density at radius 1 is 1.23 bits per heavy atom. The van der Waals surface area contributed by atoms with Crippen LogP contribution in [0.3, 0.4) is 0 Å². The Bertz CT molecular complexity index is 723. The van der Waals surface area contributed by atoms with Crippen molar-refractivity contribution < 1.29 is 27.9 Å². The van der Waals surface area contributed by atoms with E-state index in [0.717, 1.165) is 6.07 Å². The van der Waals surface area contributed by atoms with Crippen molar-refractivity contribution >= 4 is 23.5 Å². The van der Waals surface area contributed by atoms with Crippen LogP contribution in [0, 0.1) is 12.7 Å². The zero-order chi connectivity index (χ0) is 16.3. The Hall–Kier alpha value is -2.34. The molecule has 0 saturated heterocycles. The number of hydrogen-bond donors (Lipinski definition) is 0. The fourth-order valence-corrected chi connectivity index (χ4v) is 1.97. The summed E-state index contributed by atoms with van der Waals surface area (Å²) >= 11 is 5.71. The molecule has 7 heteroatoms. The van der Waals surface area contributed by atoms with Crippen LogP contribution in [0.4, 0.5) is 4.39 Å². The highest BCUT2D eigenvalue weighted by molar-refractivity contribution is 6.30. The number of methoxy groups -OCH3 is 1. The molecule has 0 amide bonds. The van der Waals surface area contributed by atoms with Gasteiger partial charge in [-0.3, -0.25) is 0 Å². The molecule has 0 radical (unpaired) electrons. The number of furan rings is 1. The summed E-state index contributed by atoms with van der Waals surface area (Å²) in [4.78, 5) is 23.3. The van der Waals surface area contributed by atoms with Gasteiger partial charge in [-0.2, -0.15) is 0 Å². The summed E-state index contributed by atoms with van der Waals surface area (Å²) in [6.07, 6.45) is 0. The van der Waals surface area contributed by atoms with Gasteiger partial charge in [-0.15, -0.1) is 0 Å². The molecule has 0 aliphatic carbocycles. The van der Waals surface area contributed by atoms with Crippen LogP contribution in [-0.4, -0.2) is 19.0 Å². The molecule has 0 bridgehead atoms. The first kappa shape index (κ1) is 16.0. The molecule has 1 aromatic heterocycles. The van der Waals surface area contributed by atoms with Gasteiger partial charge >= 0.3 is 11.9 Å². The van der Waals surface area contributed by atoms with Gasteiger partial charge in [-0.05, 0) is 31.2 Å². The third-order valence-electron chi connectivity index (χ3n) is 2.87. The summed E-state index contributed by atoms with van der Waals surface area (Å²) in [5.41, 5.74) is -0.0357. The molecule has 116 valence electrons. The van der Waals surface area contributed by atoms with E-state index in [4.69, 9.17) is 20.8 Å². The summed E-state index contributed by atoms with van der Waals surface area (Å²) in [5, 5.41) is 0.218. The van der Waals surface area contributed by atoms with Crippen molar-refractivity contribution in [3.63, 3.8) is 0 Å². The molecule has 0 N–H and O–H groups in total. The molecular formula is C15H12ClFO5. The summed E-state index contributed by atoms with van der Waals surface area (Å²) in [6.45, 7) is 1.33. The lowest BCUT2D eigenvalue weighted by molar-refractivity contribution is 0.0438. The van der Waals surface area contributed by atoms with Crippen LogP contribution >= 0.6 is 11.6 Å². The van der Waals surface area contributed by atoms with Gasteiger partial charge in [0.2, 0.25) is 0 Å². The third kappa shape index (κ3) is 3.46. The molecule has 0 aliphatic heterocycles. The minimum Gasteiger partial charge on any atom is -0.465 e. The fraction of sp³-hybridized carbons (Fsp3) is 0.200. The number of hydrogen-bond acceptors (Lipinski definition) is 5. The first-order valence-corrected chi connectivity index (χ1v) is 6.60. The fourth-order valence-electron chi connectivity index (χ4n) is 1.80. The van der Waals surface area contributed by atoms with Crippen molar-refractivity contribution in [2.45, 2.75) is 13.5 Å². The van der Waals surface area contributed by atoms with Crippen LogP contribution in [-0.2, 0) is 16.1 Å². The SMILES string of the molecule is COC(=O)c1cc(COC(=O)c2cc(Cl)ccc2F)oc1C. The Balaban J connectivity index is 2.08. The Kier molecular flexibility index (Phi) is 4.82. The van der Waals surface area contributed by atoms with Crippen LogP contribution in [0.15, 0.2) is 28.7 Å². The van der Waals surface area contributed by atoms with Crippen molar-refractivity contribution in [1.29, 1.82) is 0 Å². The molecule has 0 atom stereocenters. The van der Waals surface area contributed by atoms with E-state index in [1.807, 2.05) is 0 Å². The molecule has 0 unspecified atom stereocenters. The largest absolute Gasteiger partial charge is 0.465 e. The molecular weight excluding hydrogens is 315 g/mol. The molecule has 2 aromatic rings. The average Bonchev–Trinajstić information content (AvgIpc) is 2.87. The summed E-state index contributed by atoms with van der Waals surface area (Å²) in [5.74, 6) is -1.59. The standard InChI is InChI=1S/C15H12ClFO5/c1-8-11(14(18)20-2)6-10(22-8)7-21-15(19)12-5-9(16)3-4-13(12)17/h3-6H,7H2,1-2H3. The quantitative estimate of drug-likeness (QED) is 0.804. The summed E-state index contributed by atoms with van der Waals surface area (Å²) in [7, 11) is 1.25. The first-order valence-electron chi connectivity index (χ1n) is 6.22. The van der Waals surface area contributed by atoms with Gasteiger partial charge in [0, 0.05) is 5.02 Å². The summed E-state index contributed by atoms with van der Waals surface area (Å²) < 4.78 is 28.3. The average molecular weight is 327 g/mol. The molecule has 2 rings (SSSR count). The number of aryl methyl sites for hydroxylation is 1. The van der Waals surface area contributed by atoms with E-state index in [1.54, 1.807) is 6.92 Å². The number of carbonyl (C=O) groups is 2. The maximum atomic E-state index is 13.5. The van der Waals surface area contributed by atoms with Crippen LogP contribution in [0.2, 0.25) is 5.02 Å². The van der Waals surface area contributed by atoms with E-state index >= 15 is 0 Å². The zero-order valence-corrected chi connectivity index (χ0v) is 12.6. The normalized spacial score (nSPS) is 10.4. The van der Waals surface area contributed by atoms with Gasteiger partial charge in [-0.25, -0.2) is 14.0 Å². The number of benzene rings is 1. The van der Waals surface area contributed by atoms with Crippen LogP contribution in [0.5, 0.6) is 0 Å². The minimum absolute atomic E-state index is 0.218. The number of rotatable bonds is 4. The highest BCUT2D eigenvalue weighted by Crippen LogP contribution is 2.19. The van der Waals surface area contributed by atoms with Crippen LogP contribution < -0.4 is 0 Å². The van der Waals surface area contributed by atoms with Crippen molar-refractivity contribution in [2.24, 2.45) is 0 Å². The Labute approximate surface area is 130 Å². The van der Waals surface area contributed by atoms with E-state index in [9.17, 15) is 14.0 Å². The zero-order valence-electron chi connectivity index (χ0n) is 11.8. The first-order chi connectivity index (χ1) is 10.4. The van der Waals surface area contributed by atoms with Crippen molar-refractivity contribution in [3.8, 4) is 0 Å². The van der Waals surface area contributed by atoms with Crippen LogP contribution in [0.1, 0.15) is 32.2 Å². The maximum Gasteiger partial charge on any atom is 0.341 e. The second kappa shape index (κ2) is 6.62. The number of carbonyl (C=O) groups excluding carboxylic acids is 2. The lowest BCUT2D eigenvalue weighted by atomic mass is 10.2. The van der Waals surface area contributed by atoms with E-state index in [1.165, 1.54) is 25.3 Å². The number of ether oxygens (including phenoxy) is 2.